The summed E-state index contributed by atoms with van der Waals surface area (Å²) in [7, 11) is 3.28. The highest BCUT2D eigenvalue weighted by Gasteiger charge is 2.21. The highest BCUT2D eigenvalue weighted by molar-refractivity contribution is 5.97. The Morgan fingerprint density at radius 2 is 1.93 bits per heavy atom. The van der Waals surface area contributed by atoms with Crippen LogP contribution in [0.15, 0.2) is 18.2 Å². The molecule has 0 unspecified atom stereocenters. The third-order valence-corrected chi connectivity index (χ3v) is 4.17. The molecule has 10 heteroatoms. The first-order valence-electron chi connectivity index (χ1n) is 8.51. The highest BCUT2D eigenvalue weighted by atomic mass is 16.6. The summed E-state index contributed by atoms with van der Waals surface area (Å²) in [5.41, 5.74) is 0.0169. The molecule has 10 nitrogen and oxygen atoms in total. The van der Waals surface area contributed by atoms with Gasteiger partial charge in [0, 0.05) is 26.2 Å². The van der Waals surface area contributed by atoms with E-state index in [0.29, 0.717) is 5.69 Å². The van der Waals surface area contributed by atoms with E-state index >= 15 is 0 Å². The minimum absolute atomic E-state index is 0.0520. The van der Waals surface area contributed by atoms with E-state index in [2.05, 4.69) is 10.6 Å². The van der Waals surface area contributed by atoms with Crippen LogP contribution in [0.1, 0.15) is 36.0 Å². The Balaban J connectivity index is 1.89. The molecule has 146 valence electrons. The summed E-state index contributed by atoms with van der Waals surface area (Å²) >= 11 is 0. The van der Waals surface area contributed by atoms with Crippen molar-refractivity contribution in [1.29, 1.82) is 0 Å². The molecule has 1 saturated carbocycles. The lowest BCUT2D eigenvalue weighted by atomic mass is 10.1. The Hall–Kier alpha value is -3.17. The van der Waals surface area contributed by atoms with Gasteiger partial charge >= 0.3 is 12.0 Å². The number of nitro benzene ring substituents is 1. The van der Waals surface area contributed by atoms with Gasteiger partial charge in [0.05, 0.1) is 10.5 Å². The molecule has 1 aromatic carbocycles. The van der Waals surface area contributed by atoms with E-state index < -0.39 is 29.4 Å². The number of carbonyl (C=O) groups excluding carboxylic acids is 3. The lowest BCUT2D eigenvalue weighted by Crippen LogP contribution is -2.44. The van der Waals surface area contributed by atoms with Gasteiger partial charge < -0.3 is 15.0 Å². The molecule has 1 aliphatic rings. The number of benzene rings is 1. The summed E-state index contributed by atoms with van der Waals surface area (Å²) in [6.45, 7) is -0.667. The number of rotatable bonds is 6. The average Bonchev–Trinajstić information content (AvgIpc) is 3.11. The minimum atomic E-state index is -0.894. The van der Waals surface area contributed by atoms with Gasteiger partial charge in [0.2, 0.25) is 0 Å². The molecular weight excluding hydrogens is 356 g/mol. The average molecular weight is 378 g/mol. The van der Waals surface area contributed by atoms with Crippen LogP contribution >= 0.6 is 0 Å². The van der Waals surface area contributed by atoms with E-state index in [1.54, 1.807) is 19.0 Å². The zero-order valence-corrected chi connectivity index (χ0v) is 15.2. The van der Waals surface area contributed by atoms with Crippen molar-refractivity contribution in [2.45, 2.75) is 31.7 Å². The molecule has 0 aliphatic heterocycles. The third-order valence-electron chi connectivity index (χ3n) is 4.17. The van der Waals surface area contributed by atoms with E-state index in [9.17, 15) is 24.5 Å². The summed E-state index contributed by atoms with van der Waals surface area (Å²) in [6, 6.07) is 3.30. The first kappa shape index (κ1) is 20.1. The molecule has 0 heterocycles. The van der Waals surface area contributed by atoms with Gasteiger partial charge in [-0.15, -0.1) is 0 Å². The van der Waals surface area contributed by atoms with Gasteiger partial charge in [-0.25, -0.2) is 9.59 Å². The topological polar surface area (TPSA) is 131 Å². The molecule has 27 heavy (non-hydrogen) atoms. The van der Waals surface area contributed by atoms with E-state index in [4.69, 9.17) is 4.74 Å². The molecule has 0 saturated heterocycles. The van der Waals surface area contributed by atoms with Crippen molar-refractivity contribution in [1.82, 2.24) is 10.6 Å². The molecule has 0 spiro atoms. The molecule has 3 amide bonds. The Morgan fingerprint density at radius 1 is 1.26 bits per heavy atom. The van der Waals surface area contributed by atoms with Crippen molar-refractivity contribution < 1.29 is 24.0 Å². The Labute approximate surface area is 156 Å². The molecule has 1 aromatic rings. The van der Waals surface area contributed by atoms with Crippen molar-refractivity contribution in [3.05, 3.63) is 33.9 Å². The summed E-state index contributed by atoms with van der Waals surface area (Å²) in [5.74, 6) is -1.67. The van der Waals surface area contributed by atoms with Crippen molar-refractivity contribution in [2.24, 2.45) is 0 Å². The number of nitro groups is 1. The van der Waals surface area contributed by atoms with E-state index in [1.165, 1.54) is 12.1 Å². The zero-order valence-electron chi connectivity index (χ0n) is 15.2. The maximum atomic E-state index is 12.0. The first-order valence-corrected chi connectivity index (χ1v) is 8.51. The van der Waals surface area contributed by atoms with Crippen LogP contribution in [-0.4, -0.2) is 49.6 Å². The van der Waals surface area contributed by atoms with Crippen molar-refractivity contribution >= 4 is 29.3 Å². The lowest BCUT2D eigenvalue weighted by Gasteiger charge is -2.13. The smallest absolute Gasteiger partial charge is 0.338 e. The normalized spacial score (nSPS) is 13.7. The fourth-order valence-electron chi connectivity index (χ4n) is 2.84. The van der Waals surface area contributed by atoms with Crippen LogP contribution in [0.4, 0.5) is 16.2 Å². The predicted octanol–water partition coefficient (Wildman–Crippen LogP) is 1.59. The van der Waals surface area contributed by atoms with Crippen molar-refractivity contribution in [3.8, 4) is 0 Å². The van der Waals surface area contributed by atoms with Gasteiger partial charge in [-0.2, -0.15) is 0 Å². The summed E-state index contributed by atoms with van der Waals surface area (Å²) in [5, 5.41) is 15.9. The highest BCUT2D eigenvalue weighted by Crippen LogP contribution is 2.27. The predicted molar refractivity (Wildman–Crippen MR) is 96.6 cm³/mol. The first-order chi connectivity index (χ1) is 12.8. The number of anilines is 1. The third kappa shape index (κ3) is 5.66. The number of esters is 1. The van der Waals surface area contributed by atoms with Crippen LogP contribution in [0.2, 0.25) is 0 Å². The fourth-order valence-corrected chi connectivity index (χ4v) is 2.84. The second-order valence-electron chi connectivity index (χ2n) is 6.43. The van der Waals surface area contributed by atoms with Crippen LogP contribution < -0.4 is 15.5 Å². The number of hydrogen-bond acceptors (Lipinski definition) is 7. The second kappa shape index (κ2) is 8.97. The number of nitrogens with one attached hydrogen (secondary N) is 2. The quantitative estimate of drug-likeness (QED) is 0.436. The van der Waals surface area contributed by atoms with Gasteiger partial charge in [-0.05, 0) is 25.0 Å². The Kier molecular flexibility index (Phi) is 6.69. The number of hydrogen-bond donors (Lipinski definition) is 2. The van der Waals surface area contributed by atoms with Gasteiger partial charge in [0.25, 0.3) is 11.6 Å². The SMILES string of the molecule is CN(C)c1ccc(C(=O)OCC(=O)NC(=O)NC2CCCC2)cc1[N+](=O)[O-]. The van der Waals surface area contributed by atoms with Gasteiger partial charge in [0.15, 0.2) is 6.61 Å². The van der Waals surface area contributed by atoms with Gasteiger partial charge in [0.1, 0.15) is 5.69 Å². The molecule has 0 aromatic heterocycles. The fraction of sp³-hybridized carbons (Fsp3) is 0.471. The maximum absolute atomic E-state index is 12.0. The van der Waals surface area contributed by atoms with E-state index in [-0.39, 0.29) is 17.3 Å². The number of nitrogens with zero attached hydrogens (tertiary/aromatic N) is 2. The van der Waals surface area contributed by atoms with Crippen LogP contribution in [0.5, 0.6) is 0 Å². The van der Waals surface area contributed by atoms with Gasteiger partial charge in [-0.3, -0.25) is 20.2 Å². The van der Waals surface area contributed by atoms with E-state index in [1.807, 2.05) is 0 Å². The monoisotopic (exact) mass is 378 g/mol. The maximum Gasteiger partial charge on any atom is 0.338 e. The van der Waals surface area contributed by atoms with Gasteiger partial charge in [-0.1, -0.05) is 12.8 Å². The molecule has 0 atom stereocenters. The zero-order chi connectivity index (χ0) is 20.0. The van der Waals surface area contributed by atoms with Crippen molar-refractivity contribution in [2.75, 3.05) is 25.6 Å². The molecule has 0 bridgehead atoms. The molecule has 1 aliphatic carbocycles. The van der Waals surface area contributed by atoms with Crippen LogP contribution in [0.3, 0.4) is 0 Å². The number of carbonyl (C=O) groups is 3. The summed E-state index contributed by atoms with van der Waals surface area (Å²) < 4.78 is 4.83. The number of imide groups is 1. The molecule has 2 N–H and O–H groups in total. The molecule has 0 radical (unpaired) electrons. The van der Waals surface area contributed by atoms with Crippen LogP contribution in [-0.2, 0) is 9.53 Å². The molecular formula is C17H22N4O6. The summed E-state index contributed by atoms with van der Waals surface area (Å²) in [6.07, 6.45) is 3.82. The molecule has 2 rings (SSSR count). The molecule has 1 fully saturated rings. The van der Waals surface area contributed by atoms with Crippen LogP contribution in [0.25, 0.3) is 0 Å². The largest absolute Gasteiger partial charge is 0.452 e. The Bertz CT molecular complexity index is 743. The standard InChI is InChI=1S/C17H22N4O6/c1-20(2)13-8-7-11(9-14(13)21(25)26)16(23)27-10-15(22)19-17(24)18-12-5-3-4-6-12/h7-9,12H,3-6,10H2,1-2H3,(H2,18,19,22,24). The number of urea groups is 1. The summed E-state index contributed by atoms with van der Waals surface area (Å²) in [4.78, 5) is 47.5. The minimum Gasteiger partial charge on any atom is -0.452 e. The Morgan fingerprint density at radius 3 is 2.52 bits per heavy atom. The van der Waals surface area contributed by atoms with E-state index in [0.717, 1.165) is 31.7 Å². The van der Waals surface area contributed by atoms with Crippen molar-refractivity contribution in [3.63, 3.8) is 0 Å². The van der Waals surface area contributed by atoms with Crippen LogP contribution in [0, 0.1) is 10.1 Å². The lowest BCUT2D eigenvalue weighted by molar-refractivity contribution is -0.384. The second-order valence-corrected chi connectivity index (χ2v) is 6.43. The number of ether oxygens (including phenoxy) is 1. The number of amides is 3.